The van der Waals surface area contributed by atoms with E-state index in [1.165, 1.54) is 44.1 Å². The van der Waals surface area contributed by atoms with Crippen LogP contribution in [-0.2, 0) is 6.42 Å². The Morgan fingerprint density at radius 2 is 2.24 bits per heavy atom. The predicted molar refractivity (Wildman–Crippen MR) is 90.8 cm³/mol. The van der Waals surface area contributed by atoms with Gasteiger partial charge in [0, 0.05) is 18.4 Å². The van der Waals surface area contributed by atoms with E-state index in [1.54, 1.807) is 6.20 Å². The van der Waals surface area contributed by atoms with E-state index in [0.29, 0.717) is 6.04 Å². The van der Waals surface area contributed by atoms with Crippen molar-refractivity contribution in [2.75, 3.05) is 6.54 Å². The molecule has 1 aromatic rings. The van der Waals surface area contributed by atoms with Crippen LogP contribution in [0, 0.1) is 11.8 Å². The van der Waals surface area contributed by atoms with Gasteiger partial charge in [-0.3, -0.25) is 4.98 Å². The number of rotatable bonds is 7. The fourth-order valence-electron chi connectivity index (χ4n) is 3.61. The fourth-order valence-corrected chi connectivity index (χ4v) is 3.81. The van der Waals surface area contributed by atoms with E-state index in [-0.39, 0.29) is 0 Å². The first kappa shape index (κ1) is 16.8. The average Bonchev–Trinajstić information content (AvgIpc) is 2.53. The molecule has 1 aliphatic rings. The number of hydrogen-bond donors (Lipinski definition) is 1. The number of nitrogens with one attached hydrogen (secondary N) is 1. The molecule has 0 radical (unpaired) electrons. The fraction of sp³-hybridized carbons (Fsp3) is 0.722. The summed E-state index contributed by atoms with van der Waals surface area (Å²) in [5.41, 5.74) is 1.24. The Hall–Kier alpha value is -0.600. The third kappa shape index (κ3) is 4.96. The summed E-state index contributed by atoms with van der Waals surface area (Å²) in [6.07, 6.45) is 12.7. The van der Waals surface area contributed by atoms with Crippen molar-refractivity contribution < 1.29 is 0 Å². The summed E-state index contributed by atoms with van der Waals surface area (Å²) in [6, 6.07) is 2.63. The summed E-state index contributed by atoms with van der Waals surface area (Å²) in [5, 5.41) is 4.59. The van der Waals surface area contributed by atoms with Gasteiger partial charge in [-0.05, 0) is 55.7 Å². The van der Waals surface area contributed by atoms with Crippen LogP contribution in [0.3, 0.4) is 0 Å². The molecule has 118 valence electrons. The third-order valence-electron chi connectivity index (χ3n) is 4.92. The molecule has 0 saturated heterocycles. The normalized spacial score (nSPS) is 24.0. The van der Waals surface area contributed by atoms with E-state index < -0.39 is 0 Å². The van der Waals surface area contributed by atoms with Gasteiger partial charge in [0.25, 0.3) is 0 Å². The molecule has 0 aromatic carbocycles. The Labute approximate surface area is 134 Å². The second kappa shape index (κ2) is 8.75. The molecule has 3 unspecified atom stereocenters. The quantitative estimate of drug-likeness (QED) is 0.778. The molecule has 0 spiro atoms. The number of nitrogens with zero attached hydrogens (tertiary/aromatic N) is 1. The molecule has 0 bridgehead atoms. The zero-order chi connectivity index (χ0) is 15.1. The van der Waals surface area contributed by atoms with Crippen molar-refractivity contribution >= 4 is 11.6 Å². The van der Waals surface area contributed by atoms with Crippen molar-refractivity contribution in [3.8, 4) is 0 Å². The Morgan fingerprint density at radius 1 is 1.38 bits per heavy atom. The lowest BCUT2D eigenvalue weighted by molar-refractivity contribution is 0.207. The number of pyridine rings is 1. The molecule has 3 heteroatoms. The summed E-state index contributed by atoms with van der Waals surface area (Å²) in [7, 11) is 0. The van der Waals surface area contributed by atoms with Crippen LogP contribution in [0.5, 0.6) is 0 Å². The van der Waals surface area contributed by atoms with E-state index in [9.17, 15) is 0 Å². The van der Waals surface area contributed by atoms with Crippen molar-refractivity contribution in [1.29, 1.82) is 0 Å². The second-order valence-corrected chi connectivity index (χ2v) is 6.84. The molecule has 1 saturated carbocycles. The minimum Gasteiger partial charge on any atom is -0.313 e. The molecule has 1 aliphatic carbocycles. The minimum atomic E-state index is 0.555. The highest BCUT2D eigenvalue weighted by atomic mass is 35.5. The molecule has 21 heavy (non-hydrogen) atoms. The summed E-state index contributed by atoms with van der Waals surface area (Å²) in [5.74, 6) is 1.71. The molecule has 2 rings (SSSR count). The average molecular weight is 309 g/mol. The van der Waals surface area contributed by atoms with Crippen molar-refractivity contribution in [2.24, 2.45) is 11.8 Å². The number of halogens is 1. The highest BCUT2D eigenvalue weighted by molar-refractivity contribution is 6.31. The van der Waals surface area contributed by atoms with Crippen LogP contribution < -0.4 is 5.32 Å². The molecule has 2 nitrogen and oxygen atoms in total. The molecular formula is C18H29ClN2. The van der Waals surface area contributed by atoms with Crippen molar-refractivity contribution in [2.45, 2.75) is 64.8 Å². The molecule has 1 heterocycles. The predicted octanol–water partition coefficient (Wildman–Crippen LogP) is 4.86. The van der Waals surface area contributed by atoms with E-state index >= 15 is 0 Å². The van der Waals surface area contributed by atoms with E-state index in [2.05, 4.69) is 30.2 Å². The maximum Gasteiger partial charge on any atom is 0.0621 e. The van der Waals surface area contributed by atoms with Crippen LogP contribution in [0.1, 0.15) is 57.9 Å². The van der Waals surface area contributed by atoms with Gasteiger partial charge in [-0.25, -0.2) is 0 Å². The standard InChI is InChI=1S/C18H29ClN2/c1-3-9-21-18(12-15-8-10-20-13-17(15)19)16-7-5-6-14(4-2)11-16/h8,10,13-14,16,18,21H,3-7,9,11-12H2,1-2H3. The van der Waals surface area contributed by atoms with E-state index in [0.717, 1.165) is 29.8 Å². The van der Waals surface area contributed by atoms with Gasteiger partial charge in [0.05, 0.1) is 5.02 Å². The SMILES string of the molecule is CCCNC(Cc1ccncc1Cl)C1CCCC(CC)C1. The third-order valence-corrected chi connectivity index (χ3v) is 5.26. The van der Waals surface area contributed by atoms with Gasteiger partial charge < -0.3 is 5.32 Å². The van der Waals surface area contributed by atoms with Gasteiger partial charge in [-0.2, -0.15) is 0 Å². The van der Waals surface area contributed by atoms with Gasteiger partial charge in [-0.1, -0.05) is 44.7 Å². The van der Waals surface area contributed by atoms with Crippen LogP contribution >= 0.6 is 11.6 Å². The zero-order valence-corrected chi connectivity index (χ0v) is 14.2. The van der Waals surface area contributed by atoms with Crippen LogP contribution in [0.2, 0.25) is 5.02 Å². The molecule has 0 amide bonds. The van der Waals surface area contributed by atoms with Gasteiger partial charge in [0.1, 0.15) is 0 Å². The maximum absolute atomic E-state index is 6.31. The Balaban J connectivity index is 2.05. The summed E-state index contributed by atoms with van der Waals surface area (Å²) < 4.78 is 0. The van der Waals surface area contributed by atoms with Crippen LogP contribution in [0.25, 0.3) is 0 Å². The highest BCUT2D eigenvalue weighted by Crippen LogP contribution is 2.34. The van der Waals surface area contributed by atoms with E-state index in [1.807, 2.05) is 6.20 Å². The summed E-state index contributed by atoms with van der Waals surface area (Å²) >= 11 is 6.31. The van der Waals surface area contributed by atoms with Crippen molar-refractivity contribution in [3.63, 3.8) is 0 Å². The first-order valence-electron chi connectivity index (χ1n) is 8.56. The lowest BCUT2D eigenvalue weighted by atomic mass is 9.75. The molecule has 1 aromatic heterocycles. The van der Waals surface area contributed by atoms with Gasteiger partial charge in [0.2, 0.25) is 0 Å². The zero-order valence-electron chi connectivity index (χ0n) is 13.4. The first-order valence-corrected chi connectivity index (χ1v) is 8.94. The minimum absolute atomic E-state index is 0.555. The topological polar surface area (TPSA) is 24.9 Å². The molecule has 1 N–H and O–H groups in total. The lowest BCUT2D eigenvalue weighted by Gasteiger charge is -2.35. The largest absolute Gasteiger partial charge is 0.313 e. The Kier molecular flexibility index (Phi) is 6.98. The highest BCUT2D eigenvalue weighted by Gasteiger charge is 2.27. The maximum atomic E-state index is 6.31. The molecule has 0 aliphatic heterocycles. The Bertz CT molecular complexity index is 421. The number of aromatic nitrogens is 1. The second-order valence-electron chi connectivity index (χ2n) is 6.43. The van der Waals surface area contributed by atoms with Crippen LogP contribution in [-0.4, -0.2) is 17.6 Å². The van der Waals surface area contributed by atoms with Crippen LogP contribution in [0.4, 0.5) is 0 Å². The monoisotopic (exact) mass is 308 g/mol. The summed E-state index contributed by atoms with van der Waals surface area (Å²) in [6.45, 7) is 5.67. The van der Waals surface area contributed by atoms with Crippen LogP contribution in [0.15, 0.2) is 18.5 Å². The molecule has 1 fully saturated rings. The van der Waals surface area contributed by atoms with Crippen molar-refractivity contribution in [1.82, 2.24) is 10.3 Å². The smallest absolute Gasteiger partial charge is 0.0621 e. The van der Waals surface area contributed by atoms with Gasteiger partial charge >= 0.3 is 0 Å². The number of hydrogen-bond acceptors (Lipinski definition) is 2. The molecular weight excluding hydrogens is 280 g/mol. The van der Waals surface area contributed by atoms with Gasteiger partial charge in [-0.15, -0.1) is 0 Å². The lowest BCUT2D eigenvalue weighted by Crippen LogP contribution is -2.40. The van der Waals surface area contributed by atoms with Gasteiger partial charge in [0.15, 0.2) is 0 Å². The molecule has 3 atom stereocenters. The summed E-state index contributed by atoms with van der Waals surface area (Å²) in [4.78, 5) is 4.10. The van der Waals surface area contributed by atoms with E-state index in [4.69, 9.17) is 11.6 Å². The van der Waals surface area contributed by atoms with Crippen molar-refractivity contribution in [3.05, 3.63) is 29.0 Å². The first-order chi connectivity index (χ1) is 10.2. The Morgan fingerprint density at radius 3 is 2.95 bits per heavy atom.